The van der Waals surface area contributed by atoms with E-state index in [1.807, 2.05) is 6.92 Å². The molecule has 0 aliphatic rings. The summed E-state index contributed by atoms with van der Waals surface area (Å²) in [6.45, 7) is 6.20. The van der Waals surface area contributed by atoms with Gasteiger partial charge in [-0.1, -0.05) is 52.9 Å². The molecule has 0 aliphatic carbocycles. The molecule has 15 heavy (non-hydrogen) atoms. The van der Waals surface area contributed by atoms with Crippen LogP contribution < -0.4 is 0 Å². The lowest BCUT2D eigenvalue weighted by atomic mass is 10.2. The van der Waals surface area contributed by atoms with Crippen molar-refractivity contribution in [3.05, 3.63) is 0 Å². The van der Waals surface area contributed by atoms with Crippen LogP contribution in [0.25, 0.3) is 0 Å². The summed E-state index contributed by atoms with van der Waals surface area (Å²) in [5.74, 6) is 0. The van der Waals surface area contributed by atoms with Gasteiger partial charge in [-0.25, -0.2) is 0 Å². The molecule has 0 aliphatic heterocycles. The van der Waals surface area contributed by atoms with Crippen LogP contribution in [0.3, 0.4) is 0 Å². The van der Waals surface area contributed by atoms with Crippen molar-refractivity contribution in [1.29, 1.82) is 0 Å². The molecule has 0 aromatic heterocycles. The number of rotatable bonds is 9. The van der Waals surface area contributed by atoms with Gasteiger partial charge in [0, 0.05) is 11.8 Å². The maximum Gasteiger partial charge on any atom is 0.203 e. The minimum absolute atomic E-state index is 0.000855. The van der Waals surface area contributed by atoms with Crippen LogP contribution in [0.2, 0.25) is 0 Å². The first kappa shape index (κ1) is 15.2. The van der Waals surface area contributed by atoms with E-state index in [0.717, 1.165) is 32.1 Å². The average Bonchev–Trinajstić information content (AvgIpc) is 2.21. The molecule has 0 bridgehead atoms. The van der Waals surface area contributed by atoms with Crippen molar-refractivity contribution in [3.63, 3.8) is 0 Å². The van der Waals surface area contributed by atoms with Gasteiger partial charge < -0.3 is 4.89 Å². The molecule has 92 valence electrons. The summed E-state index contributed by atoms with van der Waals surface area (Å²) >= 11 is 0. The molecule has 1 N–H and O–H groups in total. The highest BCUT2D eigenvalue weighted by Gasteiger charge is 2.25. The minimum atomic E-state index is -2.85. The molecule has 0 saturated heterocycles. The largest absolute Gasteiger partial charge is 0.344 e. The Kier molecular flexibility index (Phi) is 8.46. The summed E-state index contributed by atoms with van der Waals surface area (Å²) in [6, 6.07) is 0. The second kappa shape index (κ2) is 8.35. The van der Waals surface area contributed by atoms with Gasteiger partial charge in [-0.05, 0) is 12.8 Å². The molecule has 0 radical (unpaired) electrons. The van der Waals surface area contributed by atoms with E-state index in [9.17, 15) is 9.46 Å². The molecule has 0 rings (SSSR count). The molecule has 0 heterocycles. The van der Waals surface area contributed by atoms with Gasteiger partial charge in [0.1, 0.15) is 0 Å². The lowest BCUT2D eigenvalue weighted by Gasteiger charge is -2.18. The smallest absolute Gasteiger partial charge is 0.203 e. The summed E-state index contributed by atoms with van der Waals surface area (Å²) < 4.78 is 11.9. The minimum Gasteiger partial charge on any atom is -0.344 e. The van der Waals surface area contributed by atoms with Crippen LogP contribution in [0.5, 0.6) is 0 Å². The molecule has 0 fully saturated rings. The number of hydrogen-bond donors (Lipinski definition) is 1. The Morgan fingerprint density at radius 1 is 1.07 bits per heavy atom. The first-order valence-corrected chi connectivity index (χ1v) is 8.27. The van der Waals surface area contributed by atoms with Gasteiger partial charge >= 0.3 is 0 Å². The molecule has 3 heteroatoms. The predicted molar refractivity (Wildman–Crippen MR) is 67.8 cm³/mol. The van der Waals surface area contributed by atoms with E-state index in [2.05, 4.69) is 13.8 Å². The van der Waals surface area contributed by atoms with E-state index >= 15 is 0 Å². The van der Waals surface area contributed by atoms with E-state index in [-0.39, 0.29) is 5.66 Å². The Bertz CT molecular complexity index is 192. The summed E-state index contributed by atoms with van der Waals surface area (Å²) in [4.78, 5) is 9.86. The zero-order chi connectivity index (χ0) is 11.7. The second-order valence-corrected chi connectivity index (χ2v) is 7.37. The van der Waals surface area contributed by atoms with Crippen LogP contribution >= 0.6 is 7.37 Å². The first-order valence-electron chi connectivity index (χ1n) is 6.36. The van der Waals surface area contributed by atoms with Crippen molar-refractivity contribution in [3.8, 4) is 0 Å². The quantitative estimate of drug-likeness (QED) is 0.473. The van der Waals surface area contributed by atoms with Crippen molar-refractivity contribution >= 4 is 7.37 Å². The van der Waals surface area contributed by atoms with E-state index in [4.69, 9.17) is 0 Å². The lowest BCUT2D eigenvalue weighted by molar-refractivity contribution is 0.455. The number of hydrogen-bond acceptors (Lipinski definition) is 1. The highest BCUT2D eigenvalue weighted by Crippen LogP contribution is 2.48. The fourth-order valence-corrected chi connectivity index (χ4v) is 3.39. The summed E-state index contributed by atoms with van der Waals surface area (Å²) in [7, 11) is -2.85. The van der Waals surface area contributed by atoms with Crippen LogP contribution in [-0.2, 0) is 4.57 Å². The van der Waals surface area contributed by atoms with Crippen molar-refractivity contribution in [1.82, 2.24) is 0 Å². The van der Waals surface area contributed by atoms with Gasteiger partial charge in [-0.3, -0.25) is 4.57 Å². The normalized spacial score (nSPS) is 17.3. The molecular formula is C12H27O2P. The van der Waals surface area contributed by atoms with Crippen molar-refractivity contribution in [2.45, 2.75) is 71.4 Å². The average molecular weight is 234 g/mol. The molecule has 2 nitrogen and oxygen atoms in total. The van der Waals surface area contributed by atoms with Crippen LogP contribution in [-0.4, -0.2) is 16.7 Å². The SMILES string of the molecule is CCCCCCP(=O)(O)C(C)CCCC. The lowest BCUT2D eigenvalue weighted by Crippen LogP contribution is -2.06. The van der Waals surface area contributed by atoms with Crippen molar-refractivity contribution < 1.29 is 9.46 Å². The third-order valence-electron chi connectivity index (χ3n) is 3.00. The standard InChI is InChI=1S/C12H27O2P/c1-4-6-8-9-11-15(13,14)12(3)10-7-5-2/h12H,4-11H2,1-3H3,(H,13,14). The highest BCUT2D eigenvalue weighted by atomic mass is 31.2. The molecule has 0 aromatic carbocycles. The predicted octanol–water partition coefficient (Wildman–Crippen LogP) is 4.42. The molecule has 0 amide bonds. The fraction of sp³-hybridized carbons (Fsp3) is 1.00. The fourth-order valence-electron chi connectivity index (χ4n) is 1.69. The Labute approximate surface area is 94.9 Å². The van der Waals surface area contributed by atoms with E-state index in [1.165, 1.54) is 12.8 Å². The molecule has 2 atom stereocenters. The van der Waals surface area contributed by atoms with Crippen molar-refractivity contribution in [2.24, 2.45) is 0 Å². The van der Waals surface area contributed by atoms with Crippen LogP contribution in [0.4, 0.5) is 0 Å². The van der Waals surface area contributed by atoms with E-state index in [0.29, 0.717) is 6.16 Å². The molecule has 0 aromatic rings. The van der Waals surface area contributed by atoms with E-state index < -0.39 is 7.37 Å². The Hall–Kier alpha value is 0.190. The third-order valence-corrected chi connectivity index (χ3v) is 5.59. The summed E-state index contributed by atoms with van der Waals surface area (Å²) in [5, 5.41) is 0. The zero-order valence-corrected chi connectivity index (χ0v) is 11.4. The molecule has 2 unspecified atom stereocenters. The Balaban J connectivity index is 3.78. The van der Waals surface area contributed by atoms with Gasteiger partial charge in [-0.15, -0.1) is 0 Å². The Morgan fingerprint density at radius 2 is 1.67 bits per heavy atom. The van der Waals surface area contributed by atoms with Crippen LogP contribution in [0.15, 0.2) is 0 Å². The topological polar surface area (TPSA) is 37.3 Å². The molecule has 0 spiro atoms. The third kappa shape index (κ3) is 7.14. The zero-order valence-electron chi connectivity index (χ0n) is 10.5. The highest BCUT2D eigenvalue weighted by molar-refractivity contribution is 7.58. The van der Waals surface area contributed by atoms with Crippen molar-refractivity contribution in [2.75, 3.05) is 6.16 Å². The molecular weight excluding hydrogens is 207 g/mol. The summed E-state index contributed by atoms with van der Waals surface area (Å²) in [5.41, 5.74) is -0.000855. The van der Waals surface area contributed by atoms with Gasteiger partial charge in [-0.2, -0.15) is 0 Å². The maximum absolute atomic E-state index is 11.9. The summed E-state index contributed by atoms with van der Waals surface area (Å²) in [6.07, 6.45) is 7.99. The Morgan fingerprint density at radius 3 is 2.20 bits per heavy atom. The monoisotopic (exact) mass is 234 g/mol. The van der Waals surface area contributed by atoms with Gasteiger partial charge in [0.15, 0.2) is 0 Å². The first-order chi connectivity index (χ1) is 7.04. The van der Waals surface area contributed by atoms with Gasteiger partial charge in [0.25, 0.3) is 0 Å². The van der Waals surface area contributed by atoms with Crippen LogP contribution in [0.1, 0.15) is 65.7 Å². The molecule has 0 saturated carbocycles. The number of unbranched alkanes of at least 4 members (excludes halogenated alkanes) is 4. The van der Waals surface area contributed by atoms with Crippen LogP contribution in [0, 0.1) is 0 Å². The van der Waals surface area contributed by atoms with Gasteiger partial charge in [0.2, 0.25) is 7.37 Å². The van der Waals surface area contributed by atoms with Gasteiger partial charge in [0.05, 0.1) is 0 Å². The second-order valence-electron chi connectivity index (χ2n) is 4.53. The van der Waals surface area contributed by atoms with E-state index in [1.54, 1.807) is 0 Å². The maximum atomic E-state index is 11.9.